The number of benzene rings is 2. The van der Waals surface area contributed by atoms with E-state index in [1.807, 2.05) is 41.2 Å². The molecule has 0 fully saturated rings. The zero-order chi connectivity index (χ0) is 17.6. The average Bonchev–Trinajstić information content (AvgIpc) is 3.14. The fraction of sp³-hybridized carbons (Fsp3) is 0.111. The van der Waals surface area contributed by atoms with Gasteiger partial charge in [-0.1, -0.05) is 24.3 Å². The summed E-state index contributed by atoms with van der Waals surface area (Å²) in [5.74, 6) is -0.268. The molecule has 0 radical (unpaired) electrons. The summed E-state index contributed by atoms with van der Waals surface area (Å²) in [5.41, 5.74) is 2.44. The SMILES string of the molecule is O=C(NCc1ccc(Cn2cccn2)cc1)c1ccc([N+](=O)[O-])cc1. The van der Waals surface area contributed by atoms with Crippen LogP contribution in [0.3, 0.4) is 0 Å². The normalized spacial score (nSPS) is 10.4. The minimum absolute atomic E-state index is 0.0377. The molecular formula is C18H16N4O3. The molecule has 0 bridgehead atoms. The first kappa shape index (κ1) is 16.4. The van der Waals surface area contributed by atoms with Crippen LogP contribution in [-0.2, 0) is 13.1 Å². The smallest absolute Gasteiger partial charge is 0.269 e. The maximum Gasteiger partial charge on any atom is 0.269 e. The molecular weight excluding hydrogens is 320 g/mol. The molecule has 0 aliphatic heterocycles. The molecule has 7 heteroatoms. The molecule has 0 aliphatic carbocycles. The van der Waals surface area contributed by atoms with E-state index < -0.39 is 4.92 Å². The van der Waals surface area contributed by atoms with Crippen molar-refractivity contribution >= 4 is 11.6 Å². The molecule has 0 aliphatic rings. The van der Waals surface area contributed by atoms with Gasteiger partial charge in [0.25, 0.3) is 11.6 Å². The Morgan fingerprint density at radius 2 is 1.76 bits per heavy atom. The van der Waals surface area contributed by atoms with Crippen LogP contribution in [0.2, 0.25) is 0 Å². The van der Waals surface area contributed by atoms with E-state index in [9.17, 15) is 14.9 Å². The summed E-state index contributed by atoms with van der Waals surface area (Å²) in [6.45, 7) is 1.08. The van der Waals surface area contributed by atoms with Gasteiger partial charge in [0.05, 0.1) is 11.5 Å². The molecule has 0 unspecified atom stereocenters. The van der Waals surface area contributed by atoms with Gasteiger partial charge >= 0.3 is 0 Å². The Balaban J connectivity index is 1.55. The predicted octanol–water partition coefficient (Wildman–Crippen LogP) is 2.77. The molecule has 3 aromatic rings. The molecule has 3 rings (SSSR count). The predicted molar refractivity (Wildman–Crippen MR) is 92.0 cm³/mol. The topological polar surface area (TPSA) is 90.1 Å². The van der Waals surface area contributed by atoms with Crippen LogP contribution in [0.4, 0.5) is 5.69 Å². The van der Waals surface area contributed by atoms with Crippen molar-refractivity contribution in [3.8, 4) is 0 Å². The summed E-state index contributed by atoms with van der Waals surface area (Å²) in [6.07, 6.45) is 3.64. The van der Waals surface area contributed by atoms with Crippen LogP contribution >= 0.6 is 0 Å². The molecule has 126 valence electrons. The van der Waals surface area contributed by atoms with E-state index in [0.29, 0.717) is 18.7 Å². The second-order valence-electron chi connectivity index (χ2n) is 5.51. The van der Waals surface area contributed by atoms with E-state index in [-0.39, 0.29) is 11.6 Å². The first-order valence-corrected chi connectivity index (χ1v) is 7.70. The maximum absolute atomic E-state index is 12.1. The molecule has 0 saturated carbocycles. The monoisotopic (exact) mass is 336 g/mol. The van der Waals surface area contributed by atoms with Crippen LogP contribution in [0.1, 0.15) is 21.5 Å². The van der Waals surface area contributed by atoms with Crippen molar-refractivity contribution in [2.75, 3.05) is 0 Å². The number of amides is 1. The Morgan fingerprint density at radius 1 is 1.08 bits per heavy atom. The van der Waals surface area contributed by atoms with Crippen LogP contribution in [0.5, 0.6) is 0 Å². The van der Waals surface area contributed by atoms with Crippen molar-refractivity contribution in [3.63, 3.8) is 0 Å². The van der Waals surface area contributed by atoms with Crippen LogP contribution in [0.15, 0.2) is 67.0 Å². The number of rotatable bonds is 6. The lowest BCUT2D eigenvalue weighted by Crippen LogP contribution is -2.22. The van der Waals surface area contributed by atoms with Gasteiger partial charge in [0.1, 0.15) is 0 Å². The summed E-state index contributed by atoms with van der Waals surface area (Å²) < 4.78 is 1.84. The van der Waals surface area contributed by atoms with Crippen LogP contribution in [0.25, 0.3) is 0 Å². The van der Waals surface area contributed by atoms with Gasteiger partial charge in [-0.2, -0.15) is 5.10 Å². The molecule has 25 heavy (non-hydrogen) atoms. The van der Waals surface area contributed by atoms with Crippen molar-refractivity contribution < 1.29 is 9.72 Å². The van der Waals surface area contributed by atoms with E-state index in [0.717, 1.165) is 11.1 Å². The Labute approximate surface area is 144 Å². The summed E-state index contributed by atoms with van der Waals surface area (Å²) in [5, 5.41) is 17.6. The van der Waals surface area contributed by atoms with Gasteiger partial charge < -0.3 is 5.32 Å². The fourth-order valence-corrected chi connectivity index (χ4v) is 2.36. The maximum atomic E-state index is 12.1. The van der Waals surface area contributed by atoms with Gasteiger partial charge in [0.15, 0.2) is 0 Å². The molecule has 1 N–H and O–H groups in total. The molecule has 2 aromatic carbocycles. The molecule has 0 atom stereocenters. The molecule has 1 heterocycles. The lowest BCUT2D eigenvalue weighted by atomic mass is 10.1. The quantitative estimate of drug-likeness (QED) is 0.553. The zero-order valence-electron chi connectivity index (χ0n) is 13.3. The lowest BCUT2D eigenvalue weighted by molar-refractivity contribution is -0.384. The van der Waals surface area contributed by atoms with Crippen LogP contribution in [0, 0.1) is 10.1 Å². The minimum atomic E-state index is -0.494. The number of hydrogen-bond acceptors (Lipinski definition) is 4. The van der Waals surface area contributed by atoms with E-state index in [4.69, 9.17) is 0 Å². The highest BCUT2D eigenvalue weighted by Gasteiger charge is 2.09. The van der Waals surface area contributed by atoms with E-state index >= 15 is 0 Å². The summed E-state index contributed by atoms with van der Waals surface area (Å²) >= 11 is 0. The van der Waals surface area contributed by atoms with Crippen molar-refractivity contribution in [1.29, 1.82) is 0 Å². The van der Waals surface area contributed by atoms with Gasteiger partial charge in [-0.15, -0.1) is 0 Å². The van der Waals surface area contributed by atoms with Gasteiger partial charge in [-0.25, -0.2) is 0 Å². The van der Waals surface area contributed by atoms with E-state index in [1.165, 1.54) is 24.3 Å². The molecule has 0 spiro atoms. The third-order valence-corrected chi connectivity index (χ3v) is 3.72. The van der Waals surface area contributed by atoms with Gasteiger partial charge in [-0.3, -0.25) is 19.6 Å². The van der Waals surface area contributed by atoms with Crippen LogP contribution < -0.4 is 5.32 Å². The molecule has 1 aromatic heterocycles. The summed E-state index contributed by atoms with van der Waals surface area (Å²) in [4.78, 5) is 22.2. The highest BCUT2D eigenvalue weighted by molar-refractivity contribution is 5.94. The standard InChI is InChI=1S/C18H16N4O3/c23-18(16-6-8-17(9-7-16)22(24)25)19-12-14-2-4-15(5-3-14)13-21-11-1-10-20-21/h1-11H,12-13H2,(H,19,23). The van der Waals surface area contributed by atoms with E-state index in [2.05, 4.69) is 10.4 Å². The number of carbonyl (C=O) groups excluding carboxylic acids is 1. The van der Waals surface area contributed by atoms with E-state index in [1.54, 1.807) is 6.20 Å². The van der Waals surface area contributed by atoms with Gasteiger partial charge in [0.2, 0.25) is 0 Å². The van der Waals surface area contributed by atoms with Crippen molar-refractivity contribution in [2.45, 2.75) is 13.1 Å². The number of hydrogen-bond donors (Lipinski definition) is 1. The molecule has 7 nitrogen and oxygen atoms in total. The number of nitrogens with one attached hydrogen (secondary N) is 1. The van der Waals surface area contributed by atoms with Gasteiger partial charge in [-0.05, 0) is 29.3 Å². The summed E-state index contributed by atoms with van der Waals surface area (Å²) in [7, 11) is 0. The third kappa shape index (κ3) is 4.29. The van der Waals surface area contributed by atoms with Crippen LogP contribution in [-0.4, -0.2) is 20.6 Å². The highest BCUT2D eigenvalue weighted by Crippen LogP contribution is 2.12. The third-order valence-electron chi connectivity index (χ3n) is 3.72. The Kier molecular flexibility index (Phi) is 4.84. The Bertz CT molecular complexity index is 856. The number of carbonyl (C=O) groups is 1. The first-order chi connectivity index (χ1) is 12.1. The number of non-ortho nitro benzene ring substituents is 1. The number of nitro benzene ring substituents is 1. The summed E-state index contributed by atoms with van der Waals surface area (Å²) in [6, 6.07) is 15.3. The van der Waals surface area contributed by atoms with Crippen molar-refractivity contribution in [2.24, 2.45) is 0 Å². The average molecular weight is 336 g/mol. The number of nitro groups is 1. The number of nitrogens with zero attached hydrogens (tertiary/aromatic N) is 3. The van der Waals surface area contributed by atoms with Gasteiger partial charge in [0, 0.05) is 36.6 Å². The Morgan fingerprint density at radius 3 is 2.36 bits per heavy atom. The second-order valence-corrected chi connectivity index (χ2v) is 5.51. The first-order valence-electron chi connectivity index (χ1n) is 7.70. The number of aromatic nitrogens is 2. The molecule has 0 saturated heterocycles. The lowest BCUT2D eigenvalue weighted by Gasteiger charge is -2.07. The largest absolute Gasteiger partial charge is 0.348 e. The minimum Gasteiger partial charge on any atom is -0.348 e. The fourth-order valence-electron chi connectivity index (χ4n) is 2.36. The van der Waals surface area contributed by atoms with Crippen molar-refractivity contribution in [1.82, 2.24) is 15.1 Å². The molecule has 1 amide bonds. The zero-order valence-corrected chi connectivity index (χ0v) is 13.3. The Hall–Kier alpha value is -3.48. The van der Waals surface area contributed by atoms with Crippen molar-refractivity contribution in [3.05, 3.63) is 93.8 Å². The highest BCUT2D eigenvalue weighted by atomic mass is 16.6. The second kappa shape index (κ2) is 7.39.